The Bertz CT molecular complexity index is 451. The van der Waals surface area contributed by atoms with Gasteiger partial charge in [0.1, 0.15) is 0 Å². The molecule has 0 atom stereocenters. The van der Waals surface area contributed by atoms with Gasteiger partial charge in [0.2, 0.25) is 10.0 Å². The molecule has 1 heterocycles. The second-order valence-electron chi connectivity index (χ2n) is 4.33. The van der Waals surface area contributed by atoms with E-state index >= 15 is 0 Å². The minimum atomic E-state index is -3.19. The number of sulfonamides is 1. The fraction of sp³-hybridized carbons (Fsp3) is 0.615. The highest BCUT2D eigenvalue weighted by Crippen LogP contribution is 2.08. The molecule has 0 aliphatic carbocycles. The lowest BCUT2D eigenvalue weighted by Gasteiger charge is -2.20. The fourth-order valence-corrected chi connectivity index (χ4v) is 3.89. The van der Waals surface area contributed by atoms with Gasteiger partial charge in [-0.05, 0) is 18.6 Å². The van der Waals surface area contributed by atoms with E-state index in [4.69, 9.17) is 0 Å². The number of hydrogen-bond donors (Lipinski definition) is 0. The molecular formula is C13H21BrN2O2S. The Morgan fingerprint density at radius 1 is 1.32 bits per heavy atom. The van der Waals surface area contributed by atoms with Crippen molar-refractivity contribution in [2.45, 2.75) is 26.2 Å². The molecule has 0 aromatic carbocycles. The summed E-state index contributed by atoms with van der Waals surface area (Å²) in [6, 6.07) is 5.56. The SMILES string of the molecule is CCCCN(CCBr)S(=O)(=O)CCc1ccccn1. The predicted molar refractivity (Wildman–Crippen MR) is 82.0 cm³/mol. The highest BCUT2D eigenvalue weighted by molar-refractivity contribution is 9.09. The van der Waals surface area contributed by atoms with Crippen molar-refractivity contribution in [3.05, 3.63) is 30.1 Å². The lowest BCUT2D eigenvalue weighted by molar-refractivity contribution is 0.421. The van der Waals surface area contributed by atoms with Crippen molar-refractivity contribution in [2.24, 2.45) is 0 Å². The van der Waals surface area contributed by atoms with Gasteiger partial charge in [0.05, 0.1) is 5.75 Å². The molecule has 0 N–H and O–H groups in total. The third-order valence-corrected chi connectivity index (χ3v) is 5.06. The molecule has 0 fully saturated rings. The summed E-state index contributed by atoms with van der Waals surface area (Å²) in [6.07, 6.45) is 4.05. The number of rotatable bonds is 9. The van der Waals surface area contributed by atoms with E-state index in [-0.39, 0.29) is 5.75 Å². The van der Waals surface area contributed by atoms with Gasteiger partial charge >= 0.3 is 0 Å². The van der Waals surface area contributed by atoms with Crippen LogP contribution in [0.25, 0.3) is 0 Å². The Balaban J connectivity index is 2.61. The van der Waals surface area contributed by atoms with Crippen LogP contribution in [0.2, 0.25) is 0 Å². The molecule has 0 saturated carbocycles. The van der Waals surface area contributed by atoms with Gasteiger partial charge in [-0.3, -0.25) is 4.98 Å². The normalized spacial score (nSPS) is 11.9. The summed E-state index contributed by atoms with van der Waals surface area (Å²) in [4.78, 5) is 4.16. The van der Waals surface area contributed by atoms with Crippen molar-refractivity contribution >= 4 is 26.0 Å². The van der Waals surface area contributed by atoms with Gasteiger partial charge in [0.25, 0.3) is 0 Å². The standard InChI is InChI=1S/C13H21BrN2O2S/c1-2-3-10-16(11-8-14)19(17,18)12-7-13-6-4-5-9-15-13/h4-6,9H,2-3,7-8,10-12H2,1H3. The van der Waals surface area contributed by atoms with Crippen LogP contribution < -0.4 is 0 Å². The average molecular weight is 349 g/mol. The fourth-order valence-electron chi connectivity index (χ4n) is 1.73. The molecule has 0 unspecified atom stereocenters. The van der Waals surface area contributed by atoms with Crippen LogP contribution in [0.3, 0.4) is 0 Å². The number of pyridine rings is 1. The number of nitrogens with zero attached hydrogens (tertiary/aromatic N) is 2. The first-order chi connectivity index (χ1) is 9.10. The topological polar surface area (TPSA) is 50.3 Å². The molecule has 1 rings (SSSR count). The van der Waals surface area contributed by atoms with Crippen LogP contribution in [0.5, 0.6) is 0 Å². The van der Waals surface area contributed by atoms with Gasteiger partial charge in [-0.25, -0.2) is 12.7 Å². The molecular weight excluding hydrogens is 328 g/mol. The van der Waals surface area contributed by atoms with Crippen LogP contribution in [0.15, 0.2) is 24.4 Å². The summed E-state index contributed by atoms with van der Waals surface area (Å²) >= 11 is 3.31. The van der Waals surface area contributed by atoms with Gasteiger partial charge in [0, 0.05) is 36.7 Å². The molecule has 4 nitrogen and oxygen atoms in total. The predicted octanol–water partition coefficient (Wildman–Crippen LogP) is 2.45. The van der Waals surface area contributed by atoms with Crippen LogP contribution in [-0.4, -0.2) is 41.9 Å². The largest absolute Gasteiger partial charge is 0.261 e. The zero-order valence-electron chi connectivity index (χ0n) is 11.3. The number of unbranched alkanes of at least 4 members (excludes halogenated alkanes) is 1. The first-order valence-corrected chi connectivity index (χ1v) is 9.27. The molecule has 108 valence electrons. The maximum atomic E-state index is 12.3. The van der Waals surface area contributed by atoms with E-state index < -0.39 is 10.0 Å². The zero-order chi connectivity index (χ0) is 14.1. The van der Waals surface area contributed by atoms with E-state index in [1.54, 1.807) is 10.5 Å². The van der Waals surface area contributed by atoms with Crippen LogP contribution in [0, 0.1) is 0 Å². The maximum Gasteiger partial charge on any atom is 0.214 e. The number of halogens is 1. The summed E-state index contributed by atoms with van der Waals surface area (Å²) < 4.78 is 26.1. The molecule has 0 aliphatic rings. The van der Waals surface area contributed by atoms with Crippen LogP contribution >= 0.6 is 15.9 Å². The highest BCUT2D eigenvalue weighted by Gasteiger charge is 2.20. The quantitative estimate of drug-likeness (QED) is 0.644. The molecule has 0 aliphatic heterocycles. The molecule has 1 aromatic heterocycles. The van der Waals surface area contributed by atoms with E-state index in [1.165, 1.54) is 0 Å². The minimum absolute atomic E-state index is 0.126. The van der Waals surface area contributed by atoms with Crippen LogP contribution in [-0.2, 0) is 16.4 Å². The number of hydrogen-bond acceptors (Lipinski definition) is 3. The van der Waals surface area contributed by atoms with Crippen molar-refractivity contribution in [1.82, 2.24) is 9.29 Å². The Morgan fingerprint density at radius 2 is 2.11 bits per heavy atom. The zero-order valence-corrected chi connectivity index (χ0v) is 13.7. The number of aromatic nitrogens is 1. The first kappa shape index (κ1) is 16.6. The Morgan fingerprint density at radius 3 is 2.68 bits per heavy atom. The number of aryl methyl sites for hydroxylation is 1. The van der Waals surface area contributed by atoms with Crippen LogP contribution in [0.4, 0.5) is 0 Å². The second-order valence-corrected chi connectivity index (χ2v) is 7.21. The van der Waals surface area contributed by atoms with Gasteiger partial charge in [-0.15, -0.1) is 0 Å². The average Bonchev–Trinajstić information content (AvgIpc) is 2.42. The molecule has 19 heavy (non-hydrogen) atoms. The van der Waals surface area contributed by atoms with Gasteiger partial charge < -0.3 is 0 Å². The van der Waals surface area contributed by atoms with Crippen molar-refractivity contribution in [2.75, 3.05) is 24.2 Å². The lowest BCUT2D eigenvalue weighted by atomic mass is 10.3. The third-order valence-electron chi connectivity index (χ3n) is 2.83. The Labute approximate surface area is 124 Å². The summed E-state index contributed by atoms with van der Waals surface area (Å²) in [5.74, 6) is 0.126. The molecule has 0 amide bonds. The van der Waals surface area contributed by atoms with E-state index in [1.807, 2.05) is 18.2 Å². The summed E-state index contributed by atoms with van der Waals surface area (Å²) in [5, 5.41) is 0.666. The first-order valence-electron chi connectivity index (χ1n) is 6.54. The van der Waals surface area contributed by atoms with Crippen LogP contribution in [0.1, 0.15) is 25.5 Å². The molecule has 0 radical (unpaired) electrons. The summed E-state index contributed by atoms with van der Waals surface area (Å²) in [7, 11) is -3.19. The van der Waals surface area contributed by atoms with Crippen molar-refractivity contribution in [1.29, 1.82) is 0 Å². The Hall–Kier alpha value is -0.460. The smallest absolute Gasteiger partial charge is 0.214 e. The summed E-state index contributed by atoms with van der Waals surface area (Å²) in [5.41, 5.74) is 0.820. The Kier molecular flexibility index (Phi) is 7.56. The molecule has 6 heteroatoms. The van der Waals surface area contributed by atoms with Crippen molar-refractivity contribution in [3.63, 3.8) is 0 Å². The number of alkyl halides is 1. The van der Waals surface area contributed by atoms with E-state index in [0.717, 1.165) is 18.5 Å². The van der Waals surface area contributed by atoms with Gasteiger partial charge in [-0.2, -0.15) is 0 Å². The maximum absolute atomic E-state index is 12.3. The van der Waals surface area contributed by atoms with Crippen molar-refractivity contribution < 1.29 is 8.42 Å². The monoisotopic (exact) mass is 348 g/mol. The lowest BCUT2D eigenvalue weighted by Crippen LogP contribution is -2.36. The highest BCUT2D eigenvalue weighted by atomic mass is 79.9. The molecule has 0 bridgehead atoms. The molecule has 1 aromatic rings. The minimum Gasteiger partial charge on any atom is -0.261 e. The van der Waals surface area contributed by atoms with E-state index in [0.29, 0.717) is 24.8 Å². The molecule has 0 spiro atoms. The second kappa shape index (κ2) is 8.66. The molecule has 0 saturated heterocycles. The van der Waals surface area contributed by atoms with E-state index in [9.17, 15) is 8.42 Å². The summed E-state index contributed by atoms with van der Waals surface area (Å²) in [6.45, 7) is 3.20. The van der Waals surface area contributed by atoms with E-state index in [2.05, 4.69) is 27.8 Å². The van der Waals surface area contributed by atoms with Gasteiger partial charge in [-0.1, -0.05) is 35.3 Å². The third kappa shape index (κ3) is 6.01. The van der Waals surface area contributed by atoms with Gasteiger partial charge in [0.15, 0.2) is 0 Å². The van der Waals surface area contributed by atoms with Crippen molar-refractivity contribution in [3.8, 4) is 0 Å².